The van der Waals surface area contributed by atoms with Crippen LogP contribution in [0.25, 0.3) is 0 Å². The van der Waals surface area contributed by atoms with Crippen molar-refractivity contribution in [3.05, 3.63) is 52.0 Å². The first-order valence-electron chi connectivity index (χ1n) is 9.46. The quantitative estimate of drug-likeness (QED) is 0.227. The molecule has 156 valence electrons. The van der Waals surface area contributed by atoms with Crippen LogP contribution in [0.1, 0.15) is 56.5 Å². The van der Waals surface area contributed by atoms with Gasteiger partial charge in [-0.1, -0.05) is 51.1 Å². The molecule has 0 spiro atoms. The Hall–Kier alpha value is -1.19. The minimum Gasteiger partial charge on any atom is -0.374 e. The molecule has 0 radical (unpaired) electrons. The van der Waals surface area contributed by atoms with Crippen LogP contribution >= 0.6 is 35.3 Å². The van der Waals surface area contributed by atoms with E-state index in [2.05, 4.69) is 60.8 Å². The van der Waals surface area contributed by atoms with Gasteiger partial charge in [-0.05, 0) is 18.9 Å². The van der Waals surface area contributed by atoms with Crippen LogP contribution in [0.2, 0.25) is 0 Å². The molecule has 0 fully saturated rings. The summed E-state index contributed by atoms with van der Waals surface area (Å²) in [6, 6.07) is 10.3. The molecule has 1 aromatic carbocycles. The van der Waals surface area contributed by atoms with E-state index in [-0.39, 0.29) is 35.5 Å². The Bertz CT molecular complexity index is 713. The molecule has 28 heavy (non-hydrogen) atoms. The van der Waals surface area contributed by atoms with Gasteiger partial charge in [0.05, 0.1) is 18.3 Å². The maximum Gasteiger partial charge on any atom is 0.191 e. The molecule has 2 aromatic rings. The highest BCUT2D eigenvalue weighted by Gasteiger charge is 2.17. The molecular formula is C21H33IN4OS. The number of guanidine groups is 1. The second-order valence-electron chi connectivity index (χ2n) is 7.51. The second-order valence-corrected chi connectivity index (χ2v) is 8.45. The number of hydrogen-bond donors (Lipinski definition) is 2. The van der Waals surface area contributed by atoms with Crippen molar-refractivity contribution in [3.8, 4) is 0 Å². The van der Waals surface area contributed by atoms with Gasteiger partial charge in [0.25, 0.3) is 0 Å². The summed E-state index contributed by atoms with van der Waals surface area (Å²) >= 11 is 1.69. The zero-order valence-corrected chi connectivity index (χ0v) is 20.6. The smallest absolute Gasteiger partial charge is 0.191 e. The van der Waals surface area contributed by atoms with Crippen molar-refractivity contribution in [1.82, 2.24) is 15.6 Å². The van der Waals surface area contributed by atoms with Gasteiger partial charge in [-0.2, -0.15) is 0 Å². The third-order valence-corrected chi connectivity index (χ3v) is 5.05. The maximum absolute atomic E-state index is 5.90. The van der Waals surface area contributed by atoms with Crippen molar-refractivity contribution < 1.29 is 4.74 Å². The average Bonchev–Trinajstić information content (AvgIpc) is 3.14. The summed E-state index contributed by atoms with van der Waals surface area (Å²) in [6.45, 7) is 10.8. The van der Waals surface area contributed by atoms with Crippen LogP contribution in [0.4, 0.5) is 0 Å². The van der Waals surface area contributed by atoms with Crippen LogP contribution in [0.15, 0.2) is 40.7 Å². The van der Waals surface area contributed by atoms with Gasteiger partial charge in [-0.15, -0.1) is 35.3 Å². The van der Waals surface area contributed by atoms with E-state index >= 15 is 0 Å². The first-order valence-corrected chi connectivity index (χ1v) is 10.3. The Balaban J connectivity index is 0.00000392. The van der Waals surface area contributed by atoms with Crippen molar-refractivity contribution in [1.29, 1.82) is 0 Å². The molecule has 0 bridgehead atoms. The predicted molar refractivity (Wildman–Crippen MR) is 130 cm³/mol. The molecule has 0 saturated carbocycles. The summed E-state index contributed by atoms with van der Waals surface area (Å²) in [6.07, 6.45) is 1.04. The zero-order chi connectivity index (χ0) is 19.7. The minimum atomic E-state index is 0. The summed E-state index contributed by atoms with van der Waals surface area (Å²) in [5.41, 5.74) is 2.43. The lowest BCUT2D eigenvalue weighted by atomic mass is 9.93. The van der Waals surface area contributed by atoms with Crippen molar-refractivity contribution in [2.75, 3.05) is 20.2 Å². The third-order valence-electron chi connectivity index (χ3n) is 4.20. The van der Waals surface area contributed by atoms with Gasteiger partial charge in [0.15, 0.2) is 5.96 Å². The molecular weight excluding hydrogens is 483 g/mol. The summed E-state index contributed by atoms with van der Waals surface area (Å²) in [4.78, 5) is 8.97. The molecule has 1 atom stereocenters. The number of ether oxygens (including phenoxy) is 1. The van der Waals surface area contributed by atoms with E-state index < -0.39 is 0 Å². The highest BCUT2D eigenvalue weighted by molar-refractivity contribution is 14.0. The summed E-state index contributed by atoms with van der Waals surface area (Å²) in [7, 11) is 1.78. The molecule has 0 aliphatic carbocycles. The molecule has 0 aliphatic heterocycles. The number of halogens is 1. The van der Waals surface area contributed by atoms with Gasteiger partial charge < -0.3 is 15.4 Å². The number of thiazole rings is 1. The molecule has 1 heterocycles. The van der Waals surface area contributed by atoms with E-state index in [0.717, 1.165) is 29.6 Å². The zero-order valence-electron chi connectivity index (χ0n) is 17.5. The summed E-state index contributed by atoms with van der Waals surface area (Å²) in [5.74, 6) is 0.790. The summed E-state index contributed by atoms with van der Waals surface area (Å²) < 4.78 is 5.90. The first-order chi connectivity index (χ1) is 12.9. The lowest BCUT2D eigenvalue weighted by molar-refractivity contribution is 0.0646. The molecule has 1 aromatic heterocycles. The maximum atomic E-state index is 5.90. The van der Waals surface area contributed by atoms with E-state index in [1.54, 1.807) is 18.4 Å². The van der Waals surface area contributed by atoms with E-state index in [9.17, 15) is 0 Å². The van der Waals surface area contributed by atoms with E-state index in [1.165, 1.54) is 5.56 Å². The molecule has 2 N–H and O–H groups in total. The average molecular weight is 516 g/mol. The Kier molecular flexibility index (Phi) is 11.0. The molecule has 7 heteroatoms. The number of rotatable bonds is 8. The van der Waals surface area contributed by atoms with E-state index in [4.69, 9.17) is 9.72 Å². The minimum absolute atomic E-state index is 0. The van der Waals surface area contributed by atoms with Crippen molar-refractivity contribution in [3.63, 3.8) is 0 Å². The van der Waals surface area contributed by atoms with Gasteiger partial charge in [0.2, 0.25) is 0 Å². The third kappa shape index (κ3) is 8.45. The highest BCUT2D eigenvalue weighted by atomic mass is 127. The lowest BCUT2D eigenvalue weighted by Gasteiger charge is -2.15. The predicted octanol–water partition coefficient (Wildman–Crippen LogP) is 4.89. The number of nitrogens with one attached hydrogen (secondary N) is 2. The Morgan fingerprint density at radius 1 is 1.21 bits per heavy atom. The van der Waals surface area contributed by atoms with Crippen LogP contribution in [-0.2, 0) is 16.7 Å². The molecule has 1 unspecified atom stereocenters. The fraction of sp³-hybridized carbons (Fsp3) is 0.524. The topological polar surface area (TPSA) is 58.5 Å². The molecule has 0 aliphatic rings. The first kappa shape index (κ1) is 24.8. The number of benzene rings is 1. The van der Waals surface area contributed by atoms with Crippen LogP contribution in [0, 0.1) is 0 Å². The Labute approximate surface area is 190 Å². The largest absolute Gasteiger partial charge is 0.374 e. The molecule has 5 nitrogen and oxygen atoms in total. The second kappa shape index (κ2) is 12.4. The van der Waals surface area contributed by atoms with Crippen molar-refractivity contribution in [2.45, 2.75) is 52.2 Å². The van der Waals surface area contributed by atoms with E-state index in [1.807, 2.05) is 18.2 Å². The summed E-state index contributed by atoms with van der Waals surface area (Å²) in [5, 5.41) is 9.86. The van der Waals surface area contributed by atoms with Gasteiger partial charge in [-0.3, -0.25) is 4.99 Å². The highest BCUT2D eigenvalue weighted by Crippen LogP contribution is 2.23. The van der Waals surface area contributed by atoms with Gasteiger partial charge in [0.1, 0.15) is 5.01 Å². The standard InChI is InChI=1S/C21H32N4OS.HI/c1-16(17-10-7-6-8-11-17)26-13-9-12-23-20(22-5)24-14-19-25-18(15-27-19)21(2,3)4;/h6-8,10-11,15-16H,9,12-14H2,1-5H3,(H2,22,23,24);1H. The molecule has 2 rings (SSSR count). The Morgan fingerprint density at radius 3 is 2.54 bits per heavy atom. The van der Waals surface area contributed by atoms with Gasteiger partial charge in [-0.25, -0.2) is 4.98 Å². The normalized spacial score (nSPS) is 13.0. The van der Waals surface area contributed by atoms with Gasteiger partial charge >= 0.3 is 0 Å². The number of aliphatic imine (C=N–C) groups is 1. The fourth-order valence-electron chi connectivity index (χ4n) is 2.48. The van der Waals surface area contributed by atoms with Gasteiger partial charge in [0, 0.05) is 31.0 Å². The van der Waals surface area contributed by atoms with Crippen LogP contribution in [-0.4, -0.2) is 31.1 Å². The number of aromatic nitrogens is 1. The monoisotopic (exact) mass is 516 g/mol. The fourth-order valence-corrected chi connectivity index (χ4v) is 3.44. The van der Waals surface area contributed by atoms with Crippen LogP contribution in [0.3, 0.4) is 0 Å². The molecule has 0 amide bonds. The SMILES string of the molecule is CN=C(NCCCOC(C)c1ccccc1)NCc1nc(C(C)(C)C)cs1.I. The Morgan fingerprint density at radius 2 is 1.93 bits per heavy atom. The van der Waals surface area contributed by atoms with Crippen molar-refractivity contribution in [2.24, 2.45) is 4.99 Å². The number of nitrogens with zero attached hydrogens (tertiary/aromatic N) is 2. The van der Waals surface area contributed by atoms with Crippen LogP contribution < -0.4 is 10.6 Å². The van der Waals surface area contributed by atoms with E-state index in [0.29, 0.717) is 13.2 Å². The van der Waals surface area contributed by atoms with Crippen LogP contribution in [0.5, 0.6) is 0 Å². The lowest BCUT2D eigenvalue weighted by Crippen LogP contribution is -2.37. The molecule has 0 saturated heterocycles. The van der Waals surface area contributed by atoms with Crippen molar-refractivity contribution >= 4 is 41.3 Å². The number of hydrogen-bond acceptors (Lipinski definition) is 4.